The Morgan fingerprint density at radius 1 is 1.47 bits per heavy atom. The van der Waals surface area contributed by atoms with Gasteiger partial charge in [-0.25, -0.2) is 9.78 Å². The van der Waals surface area contributed by atoms with Gasteiger partial charge in [0.25, 0.3) is 0 Å². The zero-order valence-electron chi connectivity index (χ0n) is 10.0. The third kappa shape index (κ3) is 2.98. The number of nitrogens with zero attached hydrogens (tertiary/aromatic N) is 1. The first kappa shape index (κ1) is 13.2. The molecule has 3 nitrogen and oxygen atoms in total. The summed E-state index contributed by atoms with van der Waals surface area (Å²) in [6.45, 7) is 4.52. The molecule has 0 radical (unpaired) electrons. The van der Waals surface area contributed by atoms with Crippen LogP contribution in [0.25, 0.3) is 0 Å². The van der Waals surface area contributed by atoms with Crippen molar-refractivity contribution in [1.29, 1.82) is 0 Å². The molecule has 0 spiro atoms. The van der Waals surface area contributed by atoms with Crippen molar-refractivity contribution in [1.82, 2.24) is 4.98 Å². The molecule has 0 bridgehead atoms. The lowest BCUT2D eigenvalue weighted by molar-refractivity contribution is 0.0594. The van der Waals surface area contributed by atoms with Gasteiger partial charge >= 0.3 is 5.97 Å². The van der Waals surface area contributed by atoms with Crippen molar-refractivity contribution in [3.05, 3.63) is 16.1 Å². The van der Waals surface area contributed by atoms with Crippen LogP contribution in [0.5, 0.6) is 0 Å². The molecule has 0 saturated carbocycles. The van der Waals surface area contributed by atoms with Gasteiger partial charge in [-0.2, -0.15) is 11.8 Å². The van der Waals surface area contributed by atoms with E-state index >= 15 is 0 Å². The molecule has 0 aliphatic carbocycles. The van der Waals surface area contributed by atoms with Gasteiger partial charge in [0.2, 0.25) is 0 Å². The molecule has 1 aliphatic heterocycles. The van der Waals surface area contributed by atoms with Crippen LogP contribution in [0.15, 0.2) is 5.38 Å². The molecule has 3 unspecified atom stereocenters. The average molecular weight is 289 g/mol. The molecule has 0 aromatic carbocycles. The molecular formula is C11H15NO2S3. The van der Waals surface area contributed by atoms with Gasteiger partial charge in [-0.1, -0.05) is 13.8 Å². The van der Waals surface area contributed by atoms with E-state index in [0.717, 1.165) is 10.8 Å². The SMILES string of the molecule is COC(=O)c1csc(C2CSC(C)C(C)S2)n1. The molecule has 0 amide bonds. The Bertz CT molecular complexity index is 407. The Labute approximate surface area is 114 Å². The maximum Gasteiger partial charge on any atom is 0.357 e. The average Bonchev–Trinajstić information content (AvgIpc) is 2.81. The van der Waals surface area contributed by atoms with E-state index in [4.69, 9.17) is 0 Å². The lowest BCUT2D eigenvalue weighted by Gasteiger charge is -2.29. The number of rotatable bonds is 2. The van der Waals surface area contributed by atoms with E-state index in [1.807, 2.05) is 23.5 Å². The van der Waals surface area contributed by atoms with Crippen LogP contribution in [0.2, 0.25) is 0 Å². The van der Waals surface area contributed by atoms with Crippen LogP contribution >= 0.6 is 34.9 Å². The Kier molecular flexibility index (Phi) is 4.38. The fraction of sp³-hybridized carbons (Fsp3) is 0.636. The van der Waals surface area contributed by atoms with Crippen molar-refractivity contribution in [3.63, 3.8) is 0 Å². The molecule has 1 fully saturated rings. The van der Waals surface area contributed by atoms with E-state index in [1.54, 1.807) is 16.7 Å². The summed E-state index contributed by atoms with van der Waals surface area (Å²) in [5.41, 5.74) is 0.435. The van der Waals surface area contributed by atoms with Crippen molar-refractivity contribution in [2.75, 3.05) is 12.9 Å². The number of carbonyl (C=O) groups excluding carboxylic acids is 1. The summed E-state index contributed by atoms with van der Waals surface area (Å²) in [6.07, 6.45) is 0. The van der Waals surface area contributed by atoms with E-state index in [-0.39, 0.29) is 5.97 Å². The van der Waals surface area contributed by atoms with Crippen LogP contribution in [0, 0.1) is 0 Å². The molecule has 2 rings (SSSR count). The third-order valence-electron chi connectivity index (χ3n) is 2.74. The summed E-state index contributed by atoms with van der Waals surface area (Å²) < 4.78 is 4.67. The summed E-state index contributed by atoms with van der Waals surface area (Å²) in [5, 5.41) is 4.56. The zero-order valence-corrected chi connectivity index (χ0v) is 12.5. The van der Waals surface area contributed by atoms with Gasteiger partial charge in [-0.3, -0.25) is 0 Å². The summed E-state index contributed by atoms with van der Waals surface area (Å²) in [4.78, 5) is 15.7. The summed E-state index contributed by atoms with van der Waals surface area (Å²) in [5.74, 6) is 0.729. The van der Waals surface area contributed by atoms with Crippen LogP contribution in [0.3, 0.4) is 0 Å². The van der Waals surface area contributed by atoms with Gasteiger partial charge in [-0.15, -0.1) is 23.1 Å². The van der Waals surface area contributed by atoms with E-state index in [2.05, 4.69) is 23.6 Å². The number of hydrogen-bond donors (Lipinski definition) is 0. The summed E-state index contributed by atoms with van der Waals surface area (Å²) in [6, 6.07) is 0. The fourth-order valence-electron chi connectivity index (χ4n) is 1.55. The molecule has 0 N–H and O–H groups in total. The van der Waals surface area contributed by atoms with Crippen LogP contribution < -0.4 is 0 Å². The summed E-state index contributed by atoms with van der Waals surface area (Å²) in [7, 11) is 1.39. The molecule has 1 aromatic heterocycles. The number of hydrogen-bond acceptors (Lipinski definition) is 6. The van der Waals surface area contributed by atoms with Crippen molar-refractivity contribution >= 4 is 40.8 Å². The molecule has 1 aliphatic rings. The number of carbonyl (C=O) groups is 1. The Morgan fingerprint density at radius 2 is 2.24 bits per heavy atom. The second kappa shape index (κ2) is 5.63. The second-order valence-corrected chi connectivity index (χ2v) is 7.82. The minimum absolute atomic E-state index is 0.345. The number of methoxy groups -OCH3 is 1. The lowest BCUT2D eigenvalue weighted by Crippen LogP contribution is -2.21. The number of thiazole rings is 1. The van der Waals surface area contributed by atoms with Gasteiger partial charge in [-0.05, 0) is 0 Å². The first-order chi connectivity index (χ1) is 8.11. The molecule has 1 aromatic rings. The fourth-order valence-corrected chi connectivity index (χ4v) is 5.55. The summed E-state index contributed by atoms with van der Waals surface area (Å²) >= 11 is 5.49. The van der Waals surface area contributed by atoms with Crippen molar-refractivity contribution in [2.24, 2.45) is 0 Å². The monoisotopic (exact) mass is 289 g/mol. The highest BCUT2D eigenvalue weighted by Crippen LogP contribution is 2.44. The minimum atomic E-state index is -0.345. The number of thioether (sulfide) groups is 2. The maximum atomic E-state index is 11.3. The van der Waals surface area contributed by atoms with Crippen LogP contribution in [0.1, 0.15) is 34.6 Å². The third-order valence-corrected chi connectivity index (χ3v) is 7.25. The maximum absolute atomic E-state index is 11.3. The highest BCUT2D eigenvalue weighted by molar-refractivity contribution is 8.07. The van der Waals surface area contributed by atoms with Crippen molar-refractivity contribution in [3.8, 4) is 0 Å². The first-order valence-electron chi connectivity index (χ1n) is 5.42. The largest absolute Gasteiger partial charge is 0.464 e. The molecule has 3 atom stereocenters. The predicted octanol–water partition coefficient (Wildman–Crippen LogP) is 3.23. The minimum Gasteiger partial charge on any atom is -0.464 e. The normalized spacial score (nSPS) is 29.0. The van der Waals surface area contributed by atoms with E-state index in [0.29, 0.717) is 21.4 Å². The van der Waals surface area contributed by atoms with Gasteiger partial charge in [0.15, 0.2) is 5.69 Å². The molecule has 1 saturated heterocycles. The second-order valence-electron chi connectivity index (χ2n) is 3.93. The van der Waals surface area contributed by atoms with E-state index in [1.165, 1.54) is 7.11 Å². The molecule has 6 heteroatoms. The topological polar surface area (TPSA) is 39.2 Å². The smallest absolute Gasteiger partial charge is 0.357 e. The van der Waals surface area contributed by atoms with Crippen molar-refractivity contribution in [2.45, 2.75) is 29.6 Å². The molecule has 94 valence electrons. The van der Waals surface area contributed by atoms with Crippen LogP contribution in [0.4, 0.5) is 0 Å². The molecule has 2 heterocycles. The predicted molar refractivity (Wildman–Crippen MR) is 75.2 cm³/mol. The van der Waals surface area contributed by atoms with Crippen molar-refractivity contribution < 1.29 is 9.53 Å². The Hall–Kier alpha value is -0.200. The van der Waals surface area contributed by atoms with E-state index in [9.17, 15) is 4.79 Å². The number of ether oxygens (including phenoxy) is 1. The highest BCUT2D eigenvalue weighted by atomic mass is 32.2. The van der Waals surface area contributed by atoms with Crippen LogP contribution in [-0.4, -0.2) is 34.3 Å². The molecule has 17 heavy (non-hydrogen) atoms. The standard InChI is InChI=1S/C11H15NO2S3/c1-6-7(2)17-9(5-15-6)10-12-8(4-16-10)11(13)14-3/h4,6-7,9H,5H2,1-3H3. The van der Waals surface area contributed by atoms with Gasteiger partial charge < -0.3 is 4.74 Å². The lowest BCUT2D eigenvalue weighted by atomic mass is 10.4. The van der Waals surface area contributed by atoms with E-state index < -0.39 is 0 Å². The molecular weight excluding hydrogens is 274 g/mol. The van der Waals surface area contributed by atoms with Gasteiger partial charge in [0.05, 0.1) is 12.4 Å². The number of aromatic nitrogens is 1. The first-order valence-corrected chi connectivity index (χ1v) is 8.29. The quantitative estimate of drug-likeness (QED) is 0.782. The highest BCUT2D eigenvalue weighted by Gasteiger charge is 2.29. The van der Waals surface area contributed by atoms with Gasteiger partial charge in [0.1, 0.15) is 5.01 Å². The van der Waals surface area contributed by atoms with Gasteiger partial charge in [0, 0.05) is 21.6 Å². The van der Waals surface area contributed by atoms with Crippen LogP contribution in [-0.2, 0) is 4.74 Å². The Balaban J connectivity index is 2.08. The zero-order chi connectivity index (χ0) is 12.4. The Morgan fingerprint density at radius 3 is 2.88 bits per heavy atom. The number of esters is 1.